The SMILES string of the molecule is c1ccc(-c2ccc(-c3cc(-c4ccccc4)nc(-c4cc(-c5ccc6cc7ccccc7cc6n5)nc(-c5ccc6cc7ccccc7cc6n5)c4)n3)cc2)cc1. The van der Waals surface area contributed by atoms with E-state index in [1.165, 1.54) is 16.3 Å². The summed E-state index contributed by atoms with van der Waals surface area (Å²) in [5, 5.41) is 6.80. The topological polar surface area (TPSA) is 64.5 Å². The molecule has 0 aliphatic heterocycles. The fourth-order valence-electron chi connectivity index (χ4n) is 7.78. The van der Waals surface area contributed by atoms with Crippen LogP contribution in [0, 0.1) is 0 Å². The van der Waals surface area contributed by atoms with E-state index >= 15 is 0 Å². The Balaban J connectivity index is 1.10. The van der Waals surface area contributed by atoms with Gasteiger partial charge in [0.15, 0.2) is 5.82 Å². The second-order valence-electron chi connectivity index (χ2n) is 14.6. The molecule has 0 saturated carbocycles. The van der Waals surface area contributed by atoms with E-state index in [0.717, 1.165) is 77.6 Å². The van der Waals surface area contributed by atoms with Crippen LogP contribution in [0.25, 0.3) is 111 Å². The van der Waals surface area contributed by atoms with Crippen molar-refractivity contribution in [2.45, 2.75) is 0 Å². The first-order valence-corrected chi connectivity index (χ1v) is 19.4. The molecule has 11 aromatic rings. The van der Waals surface area contributed by atoms with Crippen molar-refractivity contribution in [3.05, 3.63) is 200 Å². The van der Waals surface area contributed by atoms with Crippen molar-refractivity contribution < 1.29 is 0 Å². The summed E-state index contributed by atoms with van der Waals surface area (Å²) in [5.41, 5.74) is 11.6. The van der Waals surface area contributed by atoms with Crippen molar-refractivity contribution >= 4 is 43.4 Å². The molecule has 0 saturated heterocycles. The van der Waals surface area contributed by atoms with E-state index in [-0.39, 0.29) is 0 Å². The average Bonchev–Trinajstić information content (AvgIpc) is 3.30. The Morgan fingerprint density at radius 1 is 0.207 bits per heavy atom. The quantitative estimate of drug-likeness (QED) is 0.159. The molecule has 270 valence electrons. The minimum absolute atomic E-state index is 0.590. The molecule has 0 spiro atoms. The third-order valence-corrected chi connectivity index (χ3v) is 10.8. The second-order valence-corrected chi connectivity index (χ2v) is 14.6. The highest BCUT2D eigenvalue weighted by atomic mass is 14.9. The highest BCUT2D eigenvalue weighted by Crippen LogP contribution is 2.34. The maximum atomic E-state index is 5.26. The van der Waals surface area contributed by atoms with Gasteiger partial charge in [-0.05, 0) is 87.3 Å². The Labute approximate surface area is 335 Å². The molecule has 58 heavy (non-hydrogen) atoms. The summed E-state index contributed by atoms with van der Waals surface area (Å²) in [6.45, 7) is 0. The van der Waals surface area contributed by atoms with Gasteiger partial charge in [0.05, 0.1) is 45.2 Å². The standard InChI is InChI=1S/C53H33N5/c1-3-11-34(12-4-1)35-19-21-37(22-20-35)50-33-49(36-13-5-2-6-14-36)57-53(58-50)44-31-51(45-25-23-42-27-38-15-7-9-17-40(38)29-47(42)54-45)56-52(32-44)46-26-24-43-28-39-16-8-10-18-41(39)30-48(43)55-46/h1-33H. The number of hydrogen-bond acceptors (Lipinski definition) is 5. The van der Waals surface area contributed by atoms with Crippen LogP contribution in [0.2, 0.25) is 0 Å². The molecule has 0 aliphatic carbocycles. The predicted molar refractivity (Wildman–Crippen MR) is 238 cm³/mol. The van der Waals surface area contributed by atoms with E-state index in [9.17, 15) is 0 Å². The van der Waals surface area contributed by atoms with Gasteiger partial charge >= 0.3 is 0 Å². The molecule has 5 heteroatoms. The zero-order valence-electron chi connectivity index (χ0n) is 31.3. The lowest BCUT2D eigenvalue weighted by molar-refractivity contribution is 1.17. The van der Waals surface area contributed by atoms with Crippen LogP contribution in [0.4, 0.5) is 0 Å². The van der Waals surface area contributed by atoms with Crippen LogP contribution < -0.4 is 0 Å². The molecule has 11 rings (SSSR count). The van der Waals surface area contributed by atoms with Gasteiger partial charge in [0, 0.05) is 27.5 Å². The maximum Gasteiger partial charge on any atom is 0.160 e. The zero-order valence-corrected chi connectivity index (χ0v) is 31.3. The molecule has 0 atom stereocenters. The number of hydrogen-bond donors (Lipinski definition) is 0. The first kappa shape index (κ1) is 33.4. The smallest absolute Gasteiger partial charge is 0.160 e. The molecular weight excluding hydrogens is 707 g/mol. The van der Waals surface area contributed by atoms with Crippen molar-refractivity contribution in [1.29, 1.82) is 0 Å². The fraction of sp³-hybridized carbons (Fsp3) is 0. The van der Waals surface area contributed by atoms with Crippen molar-refractivity contribution in [3.63, 3.8) is 0 Å². The Bertz CT molecular complexity index is 3190. The summed E-state index contributed by atoms with van der Waals surface area (Å²) in [6.07, 6.45) is 0. The average molecular weight is 740 g/mol. The van der Waals surface area contributed by atoms with E-state index in [1.807, 2.05) is 36.4 Å². The number of fused-ring (bicyclic) bond motifs is 4. The molecular formula is C53H33N5. The zero-order chi connectivity index (χ0) is 38.4. The summed E-state index contributed by atoms with van der Waals surface area (Å²) in [6, 6.07) is 69.3. The molecule has 5 nitrogen and oxygen atoms in total. The lowest BCUT2D eigenvalue weighted by Gasteiger charge is -2.13. The van der Waals surface area contributed by atoms with Gasteiger partial charge in [0.1, 0.15) is 0 Å². The molecule has 0 unspecified atom stereocenters. The number of pyridine rings is 3. The number of benzene rings is 7. The van der Waals surface area contributed by atoms with Crippen molar-refractivity contribution in [2.24, 2.45) is 0 Å². The monoisotopic (exact) mass is 739 g/mol. The van der Waals surface area contributed by atoms with Crippen LogP contribution in [0.1, 0.15) is 0 Å². The minimum atomic E-state index is 0.590. The first-order valence-electron chi connectivity index (χ1n) is 19.4. The van der Waals surface area contributed by atoms with Crippen molar-refractivity contribution in [3.8, 4) is 67.8 Å². The first-order chi connectivity index (χ1) is 28.7. The Kier molecular flexibility index (Phi) is 8.07. The molecule has 0 N–H and O–H groups in total. The molecule has 4 aromatic heterocycles. The van der Waals surface area contributed by atoms with Crippen LogP contribution in [0.5, 0.6) is 0 Å². The van der Waals surface area contributed by atoms with Gasteiger partial charge in [0.25, 0.3) is 0 Å². The van der Waals surface area contributed by atoms with E-state index in [1.54, 1.807) is 0 Å². The Morgan fingerprint density at radius 2 is 0.621 bits per heavy atom. The lowest BCUT2D eigenvalue weighted by Crippen LogP contribution is -1.99. The van der Waals surface area contributed by atoms with Gasteiger partial charge in [-0.2, -0.15) is 0 Å². The van der Waals surface area contributed by atoms with Crippen LogP contribution in [-0.2, 0) is 0 Å². The van der Waals surface area contributed by atoms with Crippen LogP contribution in [-0.4, -0.2) is 24.9 Å². The largest absolute Gasteiger partial charge is 0.246 e. The van der Waals surface area contributed by atoms with Crippen LogP contribution in [0.3, 0.4) is 0 Å². The highest BCUT2D eigenvalue weighted by molar-refractivity contribution is 5.98. The summed E-state index contributed by atoms with van der Waals surface area (Å²) in [7, 11) is 0. The molecule has 0 bridgehead atoms. The minimum Gasteiger partial charge on any atom is -0.246 e. The normalized spacial score (nSPS) is 11.4. The van der Waals surface area contributed by atoms with Gasteiger partial charge in [-0.15, -0.1) is 0 Å². The van der Waals surface area contributed by atoms with Gasteiger partial charge in [-0.25, -0.2) is 24.9 Å². The summed E-state index contributed by atoms with van der Waals surface area (Å²) < 4.78 is 0. The fourth-order valence-corrected chi connectivity index (χ4v) is 7.78. The van der Waals surface area contributed by atoms with Gasteiger partial charge in [-0.1, -0.05) is 146 Å². The number of rotatable bonds is 6. The Hall–Kier alpha value is -7.89. The van der Waals surface area contributed by atoms with Crippen LogP contribution >= 0.6 is 0 Å². The van der Waals surface area contributed by atoms with Gasteiger partial charge in [-0.3, -0.25) is 0 Å². The third kappa shape index (κ3) is 6.31. The second kappa shape index (κ2) is 14.0. The van der Waals surface area contributed by atoms with Crippen molar-refractivity contribution in [2.75, 3.05) is 0 Å². The molecule has 0 radical (unpaired) electrons. The molecule has 0 fully saturated rings. The summed E-state index contributed by atoms with van der Waals surface area (Å²) in [4.78, 5) is 26.1. The van der Waals surface area contributed by atoms with E-state index < -0.39 is 0 Å². The number of nitrogens with zero attached hydrogens (tertiary/aromatic N) is 5. The summed E-state index contributed by atoms with van der Waals surface area (Å²) in [5.74, 6) is 0.590. The van der Waals surface area contributed by atoms with Gasteiger partial charge < -0.3 is 0 Å². The van der Waals surface area contributed by atoms with E-state index in [0.29, 0.717) is 17.2 Å². The van der Waals surface area contributed by atoms with E-state index in [2.05, 4.69) is 164 Å². The molecule has 4 heterocycles. The predicted octanol–water partition coefficient (Wildman–Crippen LogP) is 13.3. The van der Waals surface area contributed by atoms with Crippen LogP contribution in [0.15, 0.2) is 200 Å². The lowest BCUT2D eigenvalue weighted by atomic mass is 10.0. The third-order valence-electron chi connectivity index (χ3n) is 10.8. The van der Waals surface area contributed by atoms with Gasteiger partial charge in [0.2, 0.25) is 0 Å². The molecule has 0 amide bonds. The Morgan fingerprint density at radius 3 is 1.14 bits per heavy atom. The molecule has 0 aliphatic rings. The van der Waals surface area contributed by atoms with Crippen molar-refractivity contribution in [1.82, 2.24) is 24.9 Å². The number of aromatic nitrogens is 5. The highest BCUT2D eigenvalue weighted by Gasteiger charge is 2.17. The maximum absolute atomic E-state index is 5.26. The van der Waals surface area contributed by atoms with E-state index in [4.69, 9.17) is 24.9 Å². The summed E-state index contributed by atoms with van der Waals surface area (Å²) >= 11 is 0. The molecule has 7 aromatic carbocycles.